The van der Waals surface area contributed by atoms with E-state index in [9.17, 15) is 9.59 Å². The van der Waals surface area contributed by atoms with E-state index in [0.29, 0.717) is 19.6 Å². The zero-order valence-electron chi connectivity index (χ0n) is 13.5. The number of amides is 2. The predicted octanol–water partition coefficient (Wildman–Crippen LogP) is 1.65. The summed E-state index contributed by atoms with van der Waals surface area (Å²) in [5, 5.41) is 2.70. The van der Waals surface area contributed by atoms with Crippen LogP contribution in [0, 0.1) is 0 Å². The highest BCUT2D eigenvalue weighted by atomic mass is 16.2. The fourth-order valence-corrected chi connectivity index (χ4v) is 2.80. The Bertz CT molecular complexity index is 680. The molecule has 5 nitrogen and oxygen atoms in total. The molecule has 1 aliphatic rings. The van der Waals surface area contributed by atoms with Gasteiger partial charge >= 0.3 is 11.8 Å². The molecule has 0 aromatic heterocycles. The SMILES string of the molecule is O=C(NCc1ccccc1)C(=O)N1CCN(c2ccccc2)CC1. The van der Waals surface area contributed by atoms with Gasteiger partial charge in [0.05, 0.1) is 0 Å². The van der Waals surface area contributed by atoms with E-state index in [1.807, 2.05) is 48.5 Å². The van der Waals surface area contributed by atoms with Crippen molar-refractivity contribution in [2.24, 2.45) is 0 Å². The Morgan fingerprint density at radius 3 is 2.04 bits per heavy atom. The monoisotopic (exact) mass is 323 g/mol. The van der Waals surface area contributed by atoms with Crippen molar-refractivity contribution in [3.05, 3.63) is 66.2 Å². The second kappa shape index (κ2) is 7.64. The third kappa shape index (κ3) is 3.93. The van der Waals surface area contributed by atoms with E-state index in [1.54, 1.807) is 4.90 Å². The van der Waals surface area contributed by atoms with Crippen LogP contribution in [0.1, 0.15) is 5.56 Å². The highest BCUT2D eigenvalue weighted by Crippen LogP contribution is 2.15. The summed E-state index contributed by atoms with van der Waals surface area (Å²) in [5.41, 5.74) is 2.13. The minimum Gasteiger partial charge on any atom is -0.368 e. The number of nitrogens with one attached hydrogen (secondary N) is 1. The molecule has 3 rings (SSSR count). The summed E-state index contributed by atoms with van der Waals surface area (Å²) < 4.78 is 0. The minimum absolute atomic E-state index is 0.370. The zero-order chi connectivity index (χ0) is 16.8. The summed E-state index contributed by atoms with van der Waals surface area (Å²) in [6.45, 7) is 2.97. The molecule has 0 saturated carbocycles. The van der Waals surface area contributed by atoms with Crippen molar-refractivity contribution in [1.82, 2.24) is 10.2 Å². The lowest BCUT2D eigenvalue weighted by atomic mass is 10.2. The van der Waals surface area contributed by atoms with Crippen LogP contribution < -0.4 is 10.2 Å². The number of benzene rings is 2. The van der Waals surface area contributed by atoms with Gasteiger partial charge in [-0.05, 0) is 17.7 Å². The molecule has 1 aliphatic heterocycles. The van der Waals surface area contributed by atoms with Crippen LogP contribution in [-0.2, 0) is 16.1 Å². The summed E-state index contributed by atoms with van der Waals surface area (Å²) in [7, 11) is 0. The lowest BCUT2D eigenvalue weighted by Gasteiger charge is -2.35. The average Bonchev–Trinajstić information content (AvgIpc) is 2.67. The lowest BCUT2D eigenvalue weighted by molar-refractivity contribution is -0.146. The summed E-state index contributed by atoms with van der Waals surface area (Å²) in [6.07, 6.45) is 0. The quantitative estimate of drug-likeness (QED) is 0.874. The van der Waals surface area contributed by atoms with Gasteiger partial charge in [0.2, 0.25) is 0 Å². The molecular weight excluding hydrogens is 302 g/mol. The number of anilines is 1. The van der Waals surface area contributed by atoms with Crippen molar-refractivity contribution >= 4 is 17.5 Å². The summed E-state index contributed by atoms with van der Waals surface area (Å²) in [4.78, 5) is 28.2. The minimum atomic E-state index is -0.535. The maximum absolute atomic E-state index is 12.3. The molecule has 2 aromatic rings. The van der Waals surface area contributed by atoms with E-state index in [2.05, 4.69) is 22.3 Å². The van der Waals surface area contributed by atoms with Gasteiger partial charge in [-0.15, -0.1) is 0 Å². The fraction of sp³-hybridized carbons (Fsp3) is 0.263. The molecule has 1 N–H and O–H groups in total. The lowest BCUT2D eigenvalue weighted by Crippen LogP contribution is -2.52. The molecule has 5 heteroatoms. The molecule has 0 spiro atoms. The van der Waals surface area contributed by atoms with Gasteiger partial charge in [-0.1, -0.05) is 48.5 Å². The van der Waals surface area contributed by atoms with Crippen molar-refractivity contribution in [2.75, 3.05) is 31.1 Å². The van der Waals surface area contributed by atoms with Crippen LogP contribution >= 0.6 is 0 Å². The molecule has 1 heterocycles. The number of carbonyl (C=O) groups excluding carboxylic acids is 2. The van der Waals surface area contributed by atoms with Crippen molar-refractivity contribution in [3.8, 4) is 0 Å². The van der Waals surface area contributed by atoms with Crippen LogP contribution in [0.2, 0.25) is 0 Å². The second-order valence-corrected chi connectivity index (χ2v) is 5.78. The van der Waals surface area contributed by atoms with Crippen LogP contribution in [-0.4, -0.2) is 42.9 Å². The molecule has 1 fully saturated rings. The third-order valence-corrected chi connectivity index (χ3v) is 4.18. The van der Waals surface area contributed by atoms with E-state index in [1.165, 1.54) is 0 Å². The molecule has 24 heavy (non-hydrogen) atoms. The van der Waals surface area contributed by atoms with Crippen molar-refractivity contribution in [3.63, 3.8) is 0 Å². The first-order chi connectivity index (χ1) is 11.7. The van der Waals surface area contributed by atoms with Crippen LogP contribution in [0.5, 0.6) is 0 Å². The number of piperazine rings is 1. The van der Waals surface area contributed by atoms with Crippen LogP contribution in [0.25, 0.3) is 0 Å². The van der Waals surface area contributed by atoms with Crippen molar-refractivity contribution in [1.29, 1.82) is 0 Å². The van der Waals surface area contributed by atoms with E-state index in [0.717, 1.165) is 24.3 Å². The molecule has 0 aliphatic carbocycles. The second-order valence-electron chi connectivity index (χ2n) is 5.78. The van der Waals surface area contributed by atoms with Crippen molar-refractivity contribution in [2.45, 2.75) is 6.54 Å². The van der Waals surface area contributed by atoms with Gasteiger partial charge in [0.1, 0.15) is 0 Å². The molecule has 1 saturated heterocycles. The molecule has 2 amide bonds. The van der Waals surface area contributed by atoms with E-state index < -0.39 is 11.8 Å². The number of para-hydroxylation sites is 1. The van der Waals surface area contributed by atoms with E-state index in [4.69, 9.17) is 0 Å². The Balaban J connectivity index is 1.48. The standard InChI is InChI=1S/C19H21N3O2/c23-18(20-15-16-7-3-1-4-8-16)19(24)22-13-11-21(12-14-22)17-9-5-2-6-10-17/h1-10H,11-15H2,(H,20,23). The maximum atomic E-state index is 12.3. The third-order valence-electron chi connectivity index (χ3n) is 4.18. The van der Waals surface area contributed by atoms with Gasteiger partial charge in [0.25, 0.3) is 0 Å². The topological polar surface area (TPSA) is 52.7 Å². The van der Waals surface area contributed by atoms with Crippen LogP contribution in [0.3, 0.4) is 0 Å². The van der Waals surface area contributed by atoms with Gasteiger partial charge in [-0.25, -0.2) is 0 Å². The van der Waals surface area contributed by atoms with Gasteiger partial charge in [0.15, 0.2) is 0 Å². The van der Waals surface area contributed by atoms with Gasteiger partial charge in [-0.3, -0.25) is 9.59 Å². The van der Waals surface area contributed by atoms with Gasteiger partial charge in [0, 0.05) is 38.4 Å². The molecule has 2 aromatic carbocycles. The largest absolute Gasteiger partial charge is 0.368 e. The van der Waals surface area contributed by atoms with E-state index in [-0.39, 0.29) is 0 Å². The Morgan fingerprint density at radius 1 is 0.833 bits per heavy atom. The number of hydrogen-bond acceptors (Lipinski definition) is 3. The number of carbonyl (C=O) groups is 2. The molecule has 0 radical (unpaired) electrons. The smallest absolute Gasteiger partial charge is 0.312 e. The van der Waals surface area contributed by atoms with Crippen molar-refractivity contribution < 1.29 is 9.59 Å². The molecule has 124 valence electrons. The van der Waals surface area contributed by atoms with Crippen LogP contribution in [0.4, 0.5) is 5.69 Å². The highest BCUT2D eigenvalue weighted by molar-refractivity contribution is 6.35. The Labute approximate surface area is 141 Å². The van der Waals surface area contributed by atoms with Gasteiger partial charge in [-0.2, -0.15) is 0 Å². The van der Waals surface area contributed by atoms with E-state index >= 15 is 0 Å². The zero-order valence-corrected chi connectivity index (χ0v) is 13.5. The summed E-state index contributed by atoms with van der Waals surface area (Å²) in [6, 6.07) is 19.7. The number of rotatable bonds is 3. The highest BCUT2D eigenvalue weighted by Gasteiger charge is 2.25. The first-order valence-electron chi connectivity index (χ1n) is 8.15. The first-order valence-corrected chi connectivity index (χ1v) is 8.15. The Kier molecular flexibility index (Phi) is 5.11. The number of hydrogen-bond donors (Lipinski definition) is 1. The number of nitrogens with zero attached hydrogens (tertiary/aromatic N) is 2. The Hall–Kier alpha value is -2.82. The maximum Gasteiger partial charge on any atom is 0.312 e. The normalized spacial score (nSPS) is 14.3. The molecular formula is C19H21N3O2. The summed E-state index contributed by atoms with van der Waals surface area (Å²) >= 11 is 0. The average molecular weight is 323 g/mol. The summed E-state index contributed by atoms with van der Waals surface area (Å²) in [5.74, 6) is -0.981. The molecule has 0 bridgehead atoms. The molecule has 0 unspecified atom stereocenters. The first kappa shape index (κ1) is 16.1. The van der Waals surface area contributed by atoms with Crippen LogP contribution in [0.15, 0.2) is 60.7 Å². The van der Waals surface area contributed by atoms with Gasteiger partial charge < -0.3 is 15.1 Å². The predicted molar refractivity (Wildman–Crippen MR) is 93.5 cm³/mol. The molecule has 0 atom stereocenters. The fourth-order valence-electron chi connectivity index (χ4n) is 2.80. The Morgan fingerprint density at radius 2 is 1.42 bits per heavy atom.